The summed E-state index contributed by atoms with van der Waals surface area (Å²) in [7, 11) is -3.78. The second-order valence-electron chi connectivity index (χ2n) is 4.01. The number of nitrogens with two attached hydrogens (primary N) is 1. The number of benzene rings is 1. The summed E-state index contributed by atoms with van der Waals surface area (Å²) >= 11 is 4.70. The number of nitro groups is 1. The van der Waals surface area contributed by atoms with E-state index in [0.717, 1.165) is 26.9 Å². The molecule has 0 radical (unpaired) electrons. The highest BCUT2D eigenvalue weighted by Gasteiger charge is 2.19. The fourth-order valence-electron chi connectivity index (χ4n) is 1.56. The van der Waals surface area contributed by atoms with Crippen molar-refractivity contribution in [2.75, 3.05) is 5.73 Å². The van der Waals surface area contributed by atoms with E-state index in [1.165, 1.54) is 11.3 Å². The zero-order chi connectivity index (χ0) is 15.6. The topological polar surface area (TPSA) is 115 Å². The van der Waals surface area contributed by atoms with Crippen LogP contribution in [0.25, 0.3) is 0 Å². The van der Waals surface area contributed by atoms with E-state index in [1.54, 1.807) is 6.07 Å². The molecule has 2 rings (SSSR count). The normalized spacial score (nSPS) is 11.5. The molecule has 0 bridgehead atoms. The third-order valence-corrected chi connectivity index (χ3v) is 5.59. The Bertz CT molecular complexity index is 789. The molecule has 112 valence electrons. The van der Waals surface area contributed by atoms with Crippen LogP contribution in [-0.2, 0) is 16.6 Å². The summed E-state index contributed by atoms with van der Waals surface area (Å²) in [5.74, 6) is 0. The predicted molar refractivity (Wildman–Crippen MR) is 83.6 cm³/mol. The van der Waals surface area contributed by atoms with Gasteiger partial charge in [-0.25, -0.2) is 13.1 Å². The van der Waals surface area contributed by atoms with E-state index in [1.807, 2.05) is 6.07 Å². The molecule has 0 aliphatic heterocycles. The Hall–Kier alpha value is -1.49. The lowest BCUT2D eigenvalue weighted by molar-refractivity contribution is -0.383. The minimum absolute atomic E-state index is 0.110. The number of nitrogens with zero attached hydrogens (tertiary/aromatic N) is 1. The lowest BCUT2D eigenvalue weighted by Gasteiger charge is -2.06. The van der Waals surface area contributed by atoms with Gasteiger partial charge in [0.1, 0.15) is 5.69 Å². The van der Waals surface area contributed by atoms with E-state index in [2.05, 4.69) is 20.7 Å². The molecule has 0 spiro atoms. The van der Waals surface area contributed by atoms with Gasteiger partial charge in [-0.05, 0) is 40.2 Å². The maximum absolute atomic E-state index is 12.1. The third-order valence-electron chi connectivity index (χ3n) is 2.57. The van der Waals surface area contributed by atoms with E-state index in [-0.39, 0.29) is 22.8 Å². The summed E-state index contributed by atoms with van der Waals surface area (Å²) in [4.78, 5) is 10.7. The van der Waals surface area contributed by atoms with Gasteiger partial charge in [-0.1, -0.05) is 0 Å². The molecular formula is C11H10BrN3O4S2. The molecule has 0 fully saturated rings. The molecule has 1 heterocycles. The molecule has 3 N–H and O–H groups in total. The van der Waals surface area contributed by atoms with Crippen molar-refractivity contribution in [3.63, 3.8) is 0 Å². The molecule has 1 aromatic carbocycles. The average molecular weight is 392 g/mol. The maximum Gasteiger partial charge on any atom is 0.292 e. The minimum Gasteiger partial charge on any atom is -0.393 e. The van der Waals surface area contributed by atoms with Crippen molar-refractivity contribution in [1.29, 1.82) is 0 Å². The van der Waals surface area contributed by atoms with E-state index in [4.69, 9.17) is 5.73 Å². The number of nitrogen functional groups attached to an aromatic ring is 1. The lowest BCUT2D eigenvalue weighted by atomic mass is 10.3. The van der Waals surface area contributed by atoms with Crippen LogP contribution in [0.3, 0.4) is 0 Å². The zero-order valence-corrected chi connectivity index (χ0v) is 13.7. The van der Waals surface area contributed by atoms with Gasteiger partial charge in [-0.2, -0.15) is 0 Å². The Morgan fingerprint density at radius 2 is 2.05 bits per heavy atom. The van der Waals surface area contributed by atoms with Crippen LogP contribution < -0.4 is 10.5 Å². The molecule has 21 heavy (non-hydrogen) atoms. The molecule has 2 aromatic rings. The molecule has 7 nitrogen and oxygen atoms in total. The number of sulfonamides is 1. The first-order chi connectivity index (χ1) is 9.79. The summed E-state index contributed by atoms with van der Waals surface area (Å²) in [6.07, 6.45) is 0. The van der Waals surface area contributed by atoms with Gasteiger partial charge in [0.2, 0.25) is 10.0 Å². The quantitative estimate of drug-likeness (QED) is 0.461. The van der Waals surface area contributed by atoms with E-state index in [0.29, 0.717) is 0 Å². The summed E-state index contributed by atoms with van der Waals surface area (Å²) in [5, 5.41) is 10.7. The number of nitro benzene ring substituents is 1. The number of nitrogens with one attached hydrogen (secondary N) is 1. The Balaban J connectivity index is 2.19. The van der Waals surface area contributed by atoms with Crippen LogP contribution in [0, 0.1) is 10.1 Å². The van der Waals surface area contributed by atoms with Crippen LogP contribution in [-0.4, -0.2) is 13.3 Å². The largest absolute Gasteiger partial charge is 0.393 e. The average Bonchev–Trinajstić information content (AvgIpc) is 2.82. The highest BCUT2D eigenvalue weighted by molar-refractivity contribution is 9.11. The van der Waals surface area contributed by atoms with Crippen LogP contribution in [0.1, 0.15) is 4.88 Å². The molecule has 0 aliphatic rings. The van der Waals surface area contributed by atoms with E-state index >= 15 is 0 Å². The van der Waals surface area contributed by atoms with Crippen molar-refractivity contribution >= 4 is 48.7 Å². The number of hydrogen-bond donors (Lipinski definition) is 2. The monoisotopic (exact) mass is 391 g/mol. The second-order valence-corrected chi connectivity index (χ2v) is 8.32. The SMILES string of the molecule is Nc1cc(S(=O)(=O)NCc2ccc(Br)s2)ccc1[N+](=O)[O-]. The Morgan fingerprint density at radius 1 is 1.33 bits per heavy atom. The summed E-state index contributed by atoms with van der Waals surface area (Å²) in [5.41, 5.74) is 4.98. The highest BCUT2D eigenvalue weighted by atomic mass is 79.9. The molecule has 0 unspecified atom stereocenters. The van der Waals surface area contributed by atoms with Gasteiger partial charge < -0.3 is 5.73 Å². The van der Waals surface area contributed by atoms with Gasteiger partial charge in [0.25, 0.3) is 5.69 Å². The first kappa shape index (κ1) is 15.9. The highest BCUT2D eigenvalue weighted by Crippen LogP contribution is 2.25. The number of anilines is 1. The van der Waals surface area contributed by atoms with Gasteiger partial charge >= 0.3 is 0 Å². The molecule has 0 saturated carbocycles. The first-order valence-corrected chi connectivity index (χ1v) is 8.66. The Labute approximate surface area is 133 Å². The lowest BCUT2D eigenvalue weighted by Crippen LogP contribution is -2.23. The summed E-state index contributed by atoms with van der Waals surface area (Å²) < 4.78 is 27.5. The fourth-order valence-corrected chi connectivity index (χ4v) is 4.12. The van der Waals surface area contributed by atoms with Crippen LogP contribution in [0.15, 0.2) is 39.0 Å². The molecule has 0 aliphatic carbocycles. The van der Waals surface area contributed by atoms with Crippen molar-refractivity contribution < 1.29 is 13.3 Å². The molecule has 0 amide bonds. The first-order valence-electron chi connectivity index (χ1n) is 5.57. The number of halogens is 1. The third kappa shape index (κ3) is 3.79. The van der Waals surface area contributed by atoms with Gasteiger partial charge in [-0.15, -0.1) is 11.3 Å². The van der Waals surface area contributed by atoms with Crippen LogP contribution in [0.2, 0.25) is 0 Å². The van der Waals surface area contributed by atoms with Gasteiger partial charge in [-0.3, -0.25) is 10.1 Å². The van der Waals surface area contributed by atoms with Gasteiger partial charge in [0.05, 0.1) is 13.6 Å². The number of rotatable bonds is 5. The fraction of sp³-hybridized carbons (Fsp3) is 0.0909. The van der Waals surface area contributed by atoms with Crippen LogP contribution >= 0.6 is 27.3 Å². The van der Waals surface area contributed by atoms with Crippen LogP contribution in [0.5, 0.6) is 0 Å². The molecular weight excluding hydrogens is 382 g/mol. The predicted octanol–water partition coefficient (Wildman–Crippen LogP) is 2.48. The summed E-state index contributed by atoms with van der Waals surface area (Å²) in [6, 6.07) is 6.91. The van der Waals surface area contributed by atoms with Crippen molar-refractivity contribution in [2.45, 2.75) is 11.4 Å². The Kier molecular flexibility index (Phi) is 4.61. The van der Waals surface area contributed by atoms with Crippen molar-refractivity contribution in [1.82, 2.24) is 4.72 Å². The number of thiophene rings is 1. The number of hydrogen-bond acceptors (Lipinski definition) is 6. The smallest absolute Gasteiger partial charge is 0.292 e. The molecule has 0 atom stereocenters. The minimum atomic E-state index is -3.78. The zero-order valence-electron chi connectivity index (χ0n) is 10.4. The molecule has 0 saturated heterocycles. The van der Waals surface area contributed by atoms with E-state index < -0.39 is 14.9 Å². The van der Waals surface area contributed by atoms with Gasteiger partial charge in [0, 0.05) is 17.5 Å². The van der Waals surface area contributed by atoms with Gasteiger partial charge in [0.15, 0.2) is 0 Å². The van der Waals surface area contributed by atoms with Crippen molar-refractivity contribution in [2.24, 2.45) is 0 Å². The maximum atomic E-state index is 12.1. The van der Waals surface area contributed by atoms with E-state index in [9.17, 15) is 18.5 Å². The summed E-state index contributed by atoms with van der Waals surface area (Å²) in [6.45, 7) is 0.134. The molecule has 10 heteroatoms. The van der Waals surface area contributed by atoms with Crippen molar-refractivity contribution in [3.8, 4) is 0 Å². The van der Waals surface area contributed by atoms with Crippen LogP contribution in [0.4, 0.5) is 11.4 Å². The standard InChI is InChI=1S/C11H10BrN3O4S2/c12-11-4-1-7(20-11)6-14-21(18,19)8-2-3-10(15(16)17)9(13)5-8/h1-5,14H,6,13H2. The second kappa shape index (κ2) is 6.10. The Morgan fingerprint density at radius 3 is 2.57 bits per heavy atom. The molecule has 1 aromatic heterocycles. The van der Waals surface area contributed by atoms with Crippen molar-refractivity contribution in [3.05, 3.63) is 49.1 Å².